The lowest BCUT2D eigenvalue weighted by atomic mass is 10.0. The fourth-order valence-electron chi connectivity index (χ4n) is 2.17. The third kappa shape index (κ3) is 4.56. The molecule has 1 rings (SSSR count). The SMILES string of the molecule is COc1ccccc1CC(C)NC(C(N)=O)C(C)C. The van der Waals surface area contributed by atoms with Gasteiger partial charge < -0.3 is 15.8 Å². The highest BCUT2D eigenvalue weighted by atomic mass is 16.5. The van der Waals surface area contributed by atoms with Gasteiger partial charge in [0.05, 0.1) is 13.2 Å². The van der Waals surface area contributed by atoms with Crippen molar-refractivity contribution in [1.82, 2.24) is 5.32 Å². The Kier molecular flexibility index (Phi) is 5.83. The topological polar surface area (TPSA) is 64.3 Å². The molecule has 1 amide bonds. The number of hydrogen-bond acceptors (Lipinski definition) is 3. The van der Waals surface area contributed by atoms with Crippen LogP contribution in [0.15, 0.2) is 24.3 Å². The summed E-state index contributed by atoms with van der Waals surface area (Å²) < 4.78 is 5.33. The second kappa shape index (κ2) is 7.14. The highest BCUT2D eigenvalue weighted by Crippen LogP contribution is 2.19. The maximum absolute atomic E-state index is 11.4. The molecular formula is C15H24N2O2. The van der Waals surface area contributed by atoms with E-state index in [1.165, 1.54) is 0 Å². The molecule has 19 heavy (non-hydrogen) atoms. The second-order valence-electron chi connectivity index (χ2n) is 5.21. The predicted molar refractivity (Wildman–Crippen MR) is 77.1 cm³/mol. The molecule has 0 aliphatic heterocycles. The van der Waals surface area contributed by atoms with E-state index in [9.17, 15) is 4.79 Å². The van der Waals surface area contributed by atoms with Crippen LogP contribution in [0.25, 0.3) is 0 Å². The Balaban J connectivity index is 2.69. The summed E-state index contributed by atoms with van der Waals surface area (Å²) >= 11 is 0. The van der Waals surface area contributed by atoms with Crippen LogP contribution in [0, 0.1) is 5.92 Å². The Morgan fingerprint density at radius 1 is 1.32 bits per heavy atom. The number of rotatable bonds is 7. The van der Waals surface area contributed by atoms with E-state index in [1.54, 1.807) is 7.11 Å². The molecule has 0 radical (unpaired) electrons. The number of para-hydroxylation sites is 1. The molecule has 106 valence electrons. The first-order valence-corrected chi connectivity index (χ1v) is 6.63. The van der Waals surface area contributed by atoms with Gasteiger partial charge in [0.15, 0.2) is 0 Å². The normalized spacial score (nSPS) is 14.2. The van der Waals surface area contributed by atoms with Crippen LogP contribution in [0.5, 0.6) is 5.75 Å². The van der Waals surface area contributed by atoms with Crippen molar-refractivity contribution in [2.75, 3.05) is 7.11 Å². The van der Waals surface area contributed by atoms with E-state index >= 15 is 0 Å². The van der Waals surface area contributed by atoms with E-state index in [1.807, 2.05) is 45.0 Å². The van der Waals surface area contributed by atoms with Crippen molar-refractivity contribution in [2.24, 2.45) is 11.7 Å². The van der Waals surface area contributed by atoms with Gasteiger partial charge in [0.1, 0.15) is 5.75 Å². The van der Waals surface area contributed by atoms with Gasteiger partial charge in [0.25, 0.3) is 0 Å². The minimum Gasteiger partial charge on any atom is -0.496 e. The van der Waals surface area contributed by atoms with Crippen molar-refractivity contribution < 1.29 is 9.53 Å². The Bertz CT molecular complexity index is 418. The summed E-state index contributed by atoms with van der Waals surface area (Å²) in [5, 5.41) is 3.29. The Hall–Kier alpha value is -1.55. The molecule has 2 atom stereocenters. The van der Waals surface area contributed by atoms with Crippen molar-refractivity contribution in [1.29, 1.82) is 0 Å². The van der Waals surface area contributed by atoms with Gasteiger partial charge in [-0.15, -0.1) is 0 Å². The third-order valence-electron chi connectivity index (χ3n) is 3.16. The predicted octanol–water partition coefficient (Wildman–Crippen LogP) is 1.73. The first kappa shape index (κ1) is 15.5. The minimum atomic E-state index is -0.304. The summed E-state index contributed by atoms with van der Waals surface area (Å²) in [6.45, 7) is 6.02. The Morgan fingerprint density at radius 2 is 1.95 bits per heavy atom. The molecule has 0 spiro atoms. The molecule has 2 unspecified atom stereocenters. The molecule has 0 bridgehead atoms. The fourth-order valence-corrected chi connectivity index (χ4v) is 2.17. The van der Waals surface area contributed by atoms with Gasteiger partial charge in [-0.1, -0.05) is 32.0 Å². The number of benzene rings is 1. The summed E-state index contributed by atoms with van der Waals surface area (Å²) in [5.41, 5.74) is 6.53. The van der Waals surface area contributed by atoms with E-state index in [0.717, 1.165) is 17.7 Å². The maximum atomic E-state index is 11.4. The number of methoxy groups -OCH3 is 1. The van der Waals surface area contributed by atoms with E-state index in [2.05, 4.69) is 5.32 Å². The van der Waals surface area contributed by atoms with Gasteiger partial charge in [0, 0.05) is 6.04 Å². The molecule has 0 fully saturated rings. The van der Waals surface area contributed by atoms with Crippen LogP contribution in [-0.4, -0.2) is 25.1 Å². The quantitative estimate of drug-likeness (QED) is 0.788. The average molecular weight is 264 g/mol. The van der Waals surface area contributed by atoms with Crippen molar-refractivity contribution in [3.8, 4) is 5.75 Å². The van der Waals surface area contributed by atoms with Crippen LogP contribution < -0.4 is 15.8 Å². The number of nitrogens with one attached hydrogen (secondary N) is 1. The standard InChI is InChI=1S/C15H24N2O2/c1-10(2)14(15(16)18)17-11(3)9-12-7-5-6-8-13(12)19-4/h5-8,10-11,14,17H,9H2,1-4H3,(H2,16,18). The second-order valence-corrected chi connectivity index (χ2v) is 5.21. The van der Waals surface area contributed by atoms with E-state index in [-0.39, 0.29) is 23.9 Å². The van der Waals surface area contributed by atoms with Crippen molar-refractivity contribution in [3.05, 3.63) is 29.8 Å². The molecule has 1 aromatic rings. The van der Waals surface area contributed by atoms with Gasteiger partial charge in [-0.25, -0.2) is 0 Å². The van der Waals surface area contributed by atoms with Crippen molar-refractivity contribution in [3.63, 3.8) is 0 Å². The number of hydrogen-bond donors (Lipinski definition) is 2. The molecule has 4 heteroatoms. The first-order valence-electron chi connectivity index (χ1n) is 6.63. The van der Waals surface area contributed by atoms with Crippen LogP contribution in [0.1, 0.15) is 26.3 Å². The van der Waals surface area contributed by atoms with Crippen LogP contribution >= 0.6 is 0 Å². The molecular weight excluding hydrogens is 240 g/mol. The van der Waals surface area contributed by atoms with Crippen LogP contribution in [0.4, 0.5) is 0 Å². The van der Waals surface area contributed by atoms with Crippen molar-refractivity contribution in [2.45, 2.75) is 39.3 Å². The van der Waals surface area contributed by atoms with Crippen LogP contribution in [0.2, 0.25) is 0 Å². The van der Waals surface area contributed by atoms with Gasteiger partial charge in [-0.2, -0.15) is 0 Å². The number of primary amides is 1. The Labute approximate surface area is 115 Å². The van der Waals surface area contributed by atoms with Gasteiger partial charge in [0.2, 0.25) is 5.91 Å². The lowest BCUT2D eigenvalue weighted by Gasteiger charge is -2.24. The van der Waals surface area contributed by atoms with Gasteiger partial charge in [-0.3, -0.25) is 4.79 Å². The monoisotopic (exact) mass is 264 g/mol. The molecule has 0 heterocycles. The van der Waals surface area contributed by atoms with E-state index in [0.29, 0.717) is 0 Å². The zero-order valence-electron chi connectivity index (χ0n) is 12.1. The lowest BCUT2D eigenvalue weighted by Crippen LogP contribution is -2.49. The highest BCUT2D eigenvalue weighted by Gasteiger charge is 2.21. The number of amides is 1. The summed E-state index contributed by atoms with van der Waals surface area (Å²) in [4.78, 5) is 11.4. The summed E-state index contributed by atoms with van der Waals surface area (Å²) in [7, 11) is 1.66. The van der Waals surface area contributed by atoms with Crippen molar-refractivity contribution >= 4 is 5.91 Å². The first-order chi connectivity index (χ1) is 8.95. The molecule has 0 aromatic heterocycles. The summed E-state index contributed by atoms with van der Waals surface area (Å²) in [5.74, 6) is 0.746. The van der Waals surface area contributed by atoms with Gasteiger partial charge in [-0.05, 0) is 30.9 Å². The zero-order chi connectivity index (χ0) is 14.4. The lowest BCUT2D eigenvalue weighted by molar-refractivity contribution is -0.121. The third-order valence-corrected chi connectivity index (χ3v) is 3.16. The molecule has 0 saturated carbocycles. The summed E-state index contributed by atoms with van der Waals surface area (Å²) in [6, 6.07) is 7.75. The van der Waals surface area contributed by atoms with E-state index in [4.69, 9.17) is 10.5 Å². The largest absolute Gasteiger partial charge is 0.496 e. The van der Waals surface area contributed by atoms with Gasteiger partial charge >= 0.3 is 0 Å². The number of ether oxygens (including phenoxy) is 1. The molecule has 0 aliphatic carbocycles. The molecule has 3 N–H and O–H groups in total. The molecule has 0 saturated heterocycles. The number of carbonyl (C=O) groups is 1. The minimum absolute atomic E-state index is 0.149. The summed E-state index contributed by atoms with van der Waals surface area (Å²) in [6.07, 6.45) is 0.792. The van der Waals surface area contributed by atoms with E-state index < -0.39 is 0 Å². The smallest absolute Gasteiger partial charge is 0.234 e. The maximum Gasteiger partial charge on any atom is 0.234 e. The molecule has 1 aromatic carbocycles. The zero-order valence-corrected chi connectivity index (χ0v) is 12.1. The Morgan fingerprint density at radius 3 is 2.47 bits per heavy atom. The van der Waals surface area contributed by atoms with Crippen LogP contribution in [-0.2, 0) is 11.2 Å². The highest BCUT2D eigenvalue weighted by molar-refractivity contribution is 5.80. The molecule has 4 nitrogen and oxygen atoms in total. The number of carbonyl (C=O) groups excluding carboxylic acids is 1. The fraction of sp³-hybridized carbons (Fsp3) is 0.533. The number of nitrogens with two attached hydrogens (primary N) is 1. The van der Waals surface area contributed by atoms with Crippen LogP contribution in [0.3, 0.4) is 0 Å². The average Bonchev–Trinajstić information content (AvgIpc) is 2.36. The molecule has 0 aliphatic rings.